The van der Waals surface area contributed by atoms with E-state index >= 15 is 0 Å². The van der Waals surface area contributed by atoms with E-state index in [0.717, 1.165) is 6.42 Å². The van der Waals surface area contributed by atoms with Crippen molar-refractivity contribution >= 4 is 0 Å². The normalized spacial score (nSPS) is 12.8. The van der Waals surface area contributed by atoms with Gasteiger partial charge >= 0.3 is 6.61 Å². The van der Waals surface area contributed by atoms with Crippen LogP contribution in [0.2, 0.25) is 0 Å². The Morgan fingerprint density at radius 3 is 2.45 bits per heavy atom. The van der Waals surface area contributed by atoms with Crippen molar-refractivity contribution in [3.63, 3.8) is 0 Å². The highest BCUT2D eigenvalue weighted by atomic mass is 19.3. The summed E-state index contributed by atoms with van der Waals surface area (Å²) in [5.74, 6) is 0.906. The molecule has 0 radical (unpaired) electrons. The first-order chi connectivity index (χ1) is 9.49. The number of benzene rings is 1. The van der Waals surface area contributed by atoms with Gasteiger partial charge in [-0.05, 0) is 18.4 Å². The maximum absolute atomic E-state index is 12.5. The lowest BCUT2D eigenvalue weighted by Crippen LogP contribution is -2.32. The Hall–Kier alpha value is -1.36. The van der Waals surface area contributed by atoms with Gasteiger partial charge < -0.3 is 14.8 Å². The summed E-state index contributed by atoms with van der Waals surface area (Å²) < 4.78 is 34.7. The molecule has 0 saturated carbocycles. The highest BCUT2D eigenvalue weighted by Gasteiger charge is 2.17. The van der Waals surface area contributed by atoms with Crippen molar-refractivity contribution in [1.82, 2.24) is 5.32 Å². The number of hydrogen-bond acceptors (Lipinski definition) is 3. The molecule has 1 N–H and O–H groups in total. The third-order valence-corrected chi connectivity index (χ3v) is 3.29. The van der Waals surface area contributed by atoms with Crippen molar-refractivity contribution in [3.05, 3.63) is 23.8 Å². The van der Waals surface area contributed by atoms with E-state index in [4.69, 9.17) is 4.74 Å². The van der Waals surface area contributed by atoms with Gasteiger partial charge in [-0.1, -0.05) is 32.9 Å². The van der Waals surface area contributed by atoms with Crippen LogP contribution in [-0.2, 0) is 6.54 Å². The lowest BCUT2D eigenvalue weighted by molar-refractivity contribution is -0.0519. The summed E-state index contributed by atoms with van der Waals surface area (Å²) in [6, 6.07) is 5.48. The van der Waals surface area contributed by atoms with Gasteiger partial charge in [-0.15, -0.1) is 0 Å². The first kappa shape index (κ1) is 16.7. The molecule has 1 atom stereocenters. The van der Waals surface area contributed by atoms with E-state index in [0.29, 0.717) is 29.8 Å². The summed E-state index contributed by atoms with van der Waals surface area (Å²) in [6.45, 7) is 3.96. The number of halogens is 2. The van der Waals surface area contributed by atoms with Gasteiger partial charge in [0.25, 0.3) is 0 Å². The third-order valence-electron chi connectivity index (χ3n) is 3.29. The molecular weight excluding hydrogens is 264 g/mol. The first-order valence-electron chi connectivity index (χ1n) is 6.83. The molecule has 1 unspecified atom stereocenters. The molecule has 114 valence electrons. The number of alkyl halides is 2. The van der Waals surface area contributed by atoms with Gasteiger partial charge in [-0.3, -0.25) is 0 Å². The van der Waals surface area contributed by atoms with Gasteiger partial charge in [-0.2, -0.15) is 8.78 Å². The van der Waals surface area contributed by atoms with Crippen LogP contribution < -0.4 is 14.8 Å². The van der Waals surface area contributed by atoms with Crippen molar-refractivity contribution in [3.8, 4) is 11.5 Å². The van der Waals surface area contributed by atoms with E-state index in [-0.39, 0.29) is 5.75 Å². The van der Waals surface area contributed by atoms with Crippen LogP contribution in [0.25, 0.3) is 0 Å². The third kappa shape index (κ3) is 4.63. The fourth-order valence-corrected chi connectivity index (χ4v) is 2.18. The topological polar surface area (TPSA) is 30.5 Å². The lowest BCUT2D eigenvalue weighted by atomic mass is 10.0. The Balaban J connectivity index is 2.88. The predicted octanol–water partition coefficient (Wildman–Crippen LogP) is 3.82. The monoisotopic (exact) mass is 287 g/mol. The maximum Gasteiger partial charge on any atom is 0.387 e. The molecule has 0 fully saturated rings. The Morgan fingerprint density at radius 2 is 1.95 bits per heavy atom. The van der Waals surface area contributed by atoms with Crippen LogP contribution in [0.3, 0.4) is 0 Å². The van der Waals surface area contributed by atoms with Gasteiger partial charge in [0.05, 0.1) is 7.11 Å². The van der Waals surface area contributed by atoms with Crippen LogP contribution in [0.4, 0.5) is 8.78 Å². The Labute approximate surface area is 119 Å². The highest BCUT2D eigenvalue weighted by molar-refractivity contribution is 5.46. The zero-order chi connectivity index (χ0) is 15.1. The molecule has 0 aromatic heterocycles. The molecule has 1 aromatic carbocycles. The first-order valence-corrected chi connectivity index (χ1v) is 6.83. The van der Waals surface area contributed by atoms with Gasteiger partial charge in [-0.25, -0.2) is 0 Å². The number of para-hydroxylation sites is 1. The Bertz CT molecular complexity index is 411. The van der Waals surface area contributed by atoms with E-state index in [1.54, 1.807) is 18.2 Å². The second-order valence-corrected chi connectivity index (χ2v) is 4.97. The van der Waals surface area contributed by atoms with E-state index in [2.05, 4.69) is 30.8 Å². The van der Waals surface area contributed by atoms with Gasteiger partial charge in [0.15, 0.2) is 11.5 Å². The van der Waals surface area contributed by atoms with Crippen molar-refractivity contribution in [2.24, 2.45) is 5.92 Å². The second kappa shape index (κ2) is 8.04. The summed E-state index contributed by atoms with van der Waals surface area (Å²) >= 11 is 0. The largest absolute Gasteiger partial charge is 0.493 e. The van der Waals surface area contributed by atoms with Gasteiger partial charge in [0.1, 0.15) is 0 Å². The second-order valence-electron chi connectivity index (χ2n) is 4.97. The van der Waals surface area contributed by atoms with Gasteiger partial charge in [0.2, 0.25) is 0 Å². The van der Waals surface area contributed by atoms with E-state index < -0.39 is 6.61 Å². The quantitative estimate of drug-likeness (QED) is 0.788. The average molecular weight is 287 g/mol. The van der Waals surface area contributed by atoms with Crippen LogP contribution in [0, 0.1) is 5.92 Å². The van der Waals surface area contributed by atoms with Crippen molar-refractivity contribution in [2.45, 2.75) is 46.4 Å². The SMILES string of the molecule is CCC(NCc1cccc(OC)c1OC(F)F)C(C)C. The van der Waals surface area contributed by atoms with E-state index in [1.807, 2.05) is 0 Å². The maximum atomic E-state index is 12.5. The summed E-state index contributed by atoms with van der Waals surface area (Å²) in [5.41, 5.74) is 0.670. The molecule has 0 aliphatic carbocycles. The zero-order valence-corrected chi connectivity index (χ0v) is 12.5. The average Bonchev–Trinajstić information content (AvgIpc) is 2.39. The number of ether oxygens (including phenoxy) is 2. The smallest absolute Gasteiger partial charge is 0.387 e. The van der Waals surface area contributed by atoms with Crippen LogP contribution in [0.15, 0.2) is 18.2 Å². The molecule has 0 amide bonds. The number of nitrogens with one attached hydrogen (secondary N) is 1. The van der Waals surface area contributed by atoms with Crippen LogP contribution in [0.1, 0.15) is 32.8 Å². The molecule has 5 heteroatoms. The van der Waals surface area contributed by atoms with E-state index in [1.165, 1.54) is 7.11 Å². The van der Waals surface area contributed by atoms with Crippen molar-refractivity contribution in [2.75, 3.05) is 7.11 Å². The molecule has 0 aliphatic rings. The fourth-order valence-electron chi connectivity index (χ4n) is 2.18. The molecule has 0 aliphatic heterocycles. The minimum Gasteiger partial charge on any atom is -0.493 e. The van der Waals surface area contributed by atoms with Crippen LogP contribution >= 0.6 is 0 Å². The van der Waals surface area contributed by atoms with Crippen molar-refractivity contribution < 1.29 is 18.3 Å². The molecule has 0 heterocycles. The minimum absolute atomic E-state index is 0.108. The molecule has 1 rings (SSSR count). The number of rotatable bonds is 8. The molecule has 1 aromatic rings. The molecule has 3 nitrogen and oxygen atoms in total. The summed E-state index contributed by atoms with van der Waals surface area (Å²) in [7, 11) is 1.44. The summed E-state index contributed by atoms with van der Waals surface area (Å²) in [5, 5.41) is 3.37. The minimum atomic E-state index is -2.86. The molecule has 0 spiro atoms. The Morgan fingerprint density at radius 1 is 1.25 bits per heavy atom. The molecular formula is C15H23F2NO2. The fraction of sp³-hybridized carbons (Fsp3) is 0.600. The molecule has 20 heavy (non-hydrogen) atoms. The number of hydrogen-bond donors (Lipinski definition) is 1. The van der Waals surface area contributed by atoms with Crippen LogP contribution in [0.5, 0.6) is 11.5 Å². The highest BCUT2D eigenvalue weighted by Crippen LogP contribution is 2.32. The Kier molecular flexibility index (Phi) is 6.71. The predicted molar refractivity (Wildman–Crippen MR) is 75.4 cm³/mol. The lowest BCUT2D eigenvalue weighted by Gasteiger charge is -2.22. The summed E-state index contributed by atoms with van der Waals surface area (Å²) in [4.78, 5) is 0. The number of methoxy groups -OCH3 is 1. The van der Waals surface area contributed by atoms with Gasteiger partial charge in [0, 0.05) is 18.2 Å². The standard InChI is InChI=1S/C15H23F2NO2/c1-5-12(10(2)3)18-9-11-7-6-8-13(19-4)14(11)20-15(16)17/h6-8,10,12,15,18H,5,9H2,1-4H3. The van der Waals surface area contributed by atoms with Crippen LogP contribution in [-0.4, -0.2) is 19.8 Å². The molecule has 0 saturated heterocycles. The molecule has 0 bridgehead atoms. The van der Waals surface area contributed by atoms with Crippen molar-refractivity contribution in [1.29, 1.82) is 0 Å². The van der Waals surface area contributed by atoms with E-state index in [9.17, 15) is 8.78 Å². The summed E-state index contributed by atoms with van der Waals surface area (Å²) in [6.07, 6.45) is 0.979. The zero-order valence-electron chi connectivity index (χ0n) is 12.5.